The molecule has 2 amide bonds. The van der Waals surface area contributed by atoms with E-state index in [9.17, 15) is 19.5 Å². The number of nitrogens with two attached hydrogens (primary N) is 1. The zero-order valence-electron chi connectivity index (χ0n) is 16.9. The molecule has 2 aliphatic rings. The average Bonchev–Trinajstić information content (AvgIpc) is 3.22. The van der Waals surface area contributed by atoms with Crippen molar-refractivity contribution >= 4 is 86.1 Å². The molecule has 0 bridgehead atoms. The molecule has 2 atom stereocenters. The summed E-state index contributed by atoms with van der Waals surface area (Å²) in [7, 11) is 1.28. The van der Waals surface area contributed by atoms with Crippen molar-refractivity contribution in [1.29, 1.82) is 0 Å². The summed E-state index contributed by atoms with van der Waals surface area (Å²) in [6, 6.07) is 6.70. The van der Waals surface area contributed by atoms with Gasteiger partial charge in [0.1, 0.15) is 29.9 Å². The van der Waals surface area contributed by atoms with E-state index in [-0.39, 0.29) is 22.2 Å². The van der Waals surface area contributed by atoms with Gasteiger partial charge in [-0.05, 0) is 34.7 Å². The van der Waals surface area contributed by atoms with E-state index < -0.39 is 29.2 Å². The Labute approximate surface area is 214 Å². The normalized spacial score (nSPS) is 20.2. The summed E-state index contributed by atoms with van der Waals surface area (Å²) in [4.78, 5) is 49.3. The number of aromatic nitrogens is 1. The lowest BCUT2D eigenvalue weighted by Gasteiger charge is -2.49. The molecule has 1 aromatic carbocycles. The standard InChI is InChI=1S/C19H16IN5O5S3/c1-30-24-12(9-6-32-19(21)22-9)15(26)23-13-16(27)25-14(18(28)29)11(7-31-17(13)25)33-10-5-3-2-4-8(10)20/h2-6,13,17H,7H2,1H3,(H2,21,22)(H,23,26)(H,28,29)/b24-12-/t13-,17-/m1/s1. The second kappa shape index (κ2) is 9.90. The number of hydrogen-bond donors (Lipinski definition) is 3. The molecule has 0 saturated carbocycles. The first-order chi connectivity index (χ1) is 15.8. The summed E-state index contributed by atoms with van der Waals surface area (Å²) in [5, 5.41) is 17.5. The highest BCUT2D eigenvalue weighted by Gasteiger charge is 2.54. The molecule has 1 aromatic heterocycles. The van der Waals surface area contributed by atoms with E-state index in [0.29, 0.717) is 10.7 Å². The van der Waals surface area contributed by atoms with Gasteiger partial charge in [0, 0.05) is 24.5 Å². The molecule has 172 valence electrons. The van der Waals surface area contributed by atoms with Crippen LogP contribution in [0, 0.1) is 3.57 Å². The molecule has 2 aromatic rings. The largest absolute Gasteiger partial charge is 0.477 e. The van der Waals surface area contributed by atoms with Crippen LogP contribution in [0.2, 0.25) is 0 Å². The highest BCUT2D eigenvalue weighted by atomic mass is 127. The Kier molecular flexibility index (Phi) is 7.16. The molecule has 3 heterocycles. The highest BCUT2D eigenvalue weighted by Crippen LogP contribution is 2.45. The number of rotatable bonds is 7. The number of thioether (sulfide) groups is 2. The number of benzene rings is 1. The summed E-state index contributed by atoms with van der Waals surface area (Å²) in [6.45, 7) is 0. The zero-order valence-corrected chi connectivity index (χ0v) is 21.5. The lowest BCUT2D eigenvalue weighted by molar-refractivity contribution is -0.150. The highest BCUT2D eigenvalue weighted by molar-refractivity contribution is 14.1. The van der Waals surface area contributed by atoms with Crippen molar-refractivity contribution in [2.45, 2.75) is 16.3 Å². The van der Waals surface area contributed by atoms with Gasteiger partial charge >= 0.3 is 5.97 Å². The molecule has 0 radical (unpaired) electrons. The summed E-state index contributed by atoms with van der Waals surface area (Å²) < 4.78 is 0.983. The SMILES string of the molecule is CO/N=C(\C(=O)N[C@@H]1C(=O)N2C(C(=O)O)=C(Sc3ccccc3I)CS[C@H]12)c1csc(N)n1. The first-order valence-electron chi connectivity index (χ1n) is 9.28. The molecule has 4 N–H and O–H groups in total. The first-order valence-corrected chi connectivity index (χ1v) is 13.1. The van der Waals surface area contributed by atoms with Crippen molar-refractivity contribution in [3.63, 3.8) is 0 Å². The van der Waals surface area contributed by atoms with Crippen LogP contribution in [0.4, 0.5) is 5.13 Å². The third-order valence-corrected chi connectivity index (χ3v) is 9.26. The number of oxime groups is 1. The van der Waals surface area contributed by atoms with Crippen LogP contribution in [0.25, 0.3) is 0 Å². The van der Waals surface area contributed by atoms with Gasteiger partial charge in [0.15, 0.2) is 10.8 Å². The molecule has 14 heteroatoms. The van der Waals surface area contributed by atoms with E-state index in [2.05, 4.69) is 38.0 Å². The minimum absolute atomic E-state index is 0.0584. The van der Waals surface area contributed by atoms with Gasteiger partial charge in [-0.1, -0.05) is 29.1 Å². The number of fused-ring (bicyclic) bond motifs is 1. The van der Waals surface area contributed by atoms with Crippen molar-refractivity contribution in [2.75, 3.05) is 18.6 Å². The van der Waals surface area contributed by atoms with Gasteiger partial charge in [-0.15, -0.1) is 23.1 Å². The van der Waals surface area contributed by atoms with Gasteiger partial charge in [0.25, 0.3) is 11.8 Å². The third kappa shape index (κ3) is 4.69. The molecule has 0 aliphatic carbocycles. The van der Waals surface area contributed by atoms with Crippen LogP contribution in [-0.2, 0) is 19.2 Å². The second-order valence-corrected chi connectivity index (χ2v) is 11.0. The fraction of sp³-hybridized carbons (Fsp3) is 0.211. The topological polar surface area (TPSA) is 147 Å². The van der Waals surface area contributed by atoms with Crippen molar-refractivity contribution in [3.8, 4) is 0 Å². The van der Waals surface area contributed by atoms with Gasteiger partial charge < -0.3 is 21.0 Å². The van der Waals surface area contributed by atoms with Crippen LogP contribution in [0.5, 0.6) is 0 Å². The average molecular weight is 617 g/mol. The van der Waals surface area contributed by atoms with Gasteiger partial charge in [0.2, 0.25) is 0 Å². The summed E-state index contributed by atoms with van der Waals surface area (Å²) in [5.74, 6) is -1.97. The molecule has 1 saturated heterocycles. The third-order valence-electron chi connectivity index (χ3n) is 4.65. The van der Waals surface area contributed by atoms with Crippen LogP contribution in [-0.4, -0.2) is 62.8 Å². The predicted molar refractivity (Wildman–Crippen MR) is 135 cm³/mol. The van der Waals surface area contributed by atoms with Crippen molar-refractivity contribution in [2.24, 2.45) is 5.16 Å². The summed E-state index contributed by atoms with van der Waals surface area (Å²) >= 11 is 6.04. The second-order valence-electron chi connectivity index (χ2n) is 6.66. The molecule has 33 heavy (non-hydrogen) atoms. The Morgan fingerprint density at radius 3 is 2.82 bits per heavy atom. The van der Waals surface area contributed by atoms with Crippen LogP contribution < -0.4 is 11.1 Å². The molecule has 0 unspecified atom stereocenters. The number of halogens is 1. The van der Waals surface area contributed by atoms with Crippen LogP contribution in [0.1, 0.15) is 5.69 Å². The van der Waals surface area contributed by atoms with E-state index >= 15 is 0 Å². The molecule has 2 aliphatic heterocycles. The molecular weight excluding hydrogens is 601 g/mol. The number of amides is 2. The zero-order chi connectivity index (χ0) is 23.7. The molecular formula is C19H16IN5O5S3. The molecule has 4 rings (SSSR count). The van der Waals surface area contributed by atoms with Gasteiger partial charge in [-0.3, -0.25) is 14.5 Å². The lowest BCUT2D eigenvalue weighted by Crippen LogP contribution is -2.71. The number of nitrogens with zero attached hydrogens (tertiary/aromatic N) is 3. The number of carbonyl (C=O) groups is 3. The fourth-order valence-electron chi connectivity index (χ4n) is 3.23. The van der Waals surface area contributed by atoms with Crippen LogP contribution in [0.15, 0.2) is 50.3 Å². The maximum atomic E-state index is 12.9. The van der Waals surface area contributed by atoms with E-state index in [0.717, 1.165) is 19.8 Å². The van der Waals surface area contributed by atoms with Gasteiger partial charge in [-0.25, -0.2) is 9.78 Å². The number of nitrogens with one attached hydrogen (secondary N) is 1. The van der Waals surface area contributed by atoms with Crippen molar-refractivity contribution < 1.29 is 24.3 Å². The number of anilines is 1. The van der Waals surface area contributed by atoms with E-state index in [1.165, 1.54) is 35.5 Å². The Morgan fingerprint density at radius 1 is 1.42 bits per heavy atom. The first kappa shape index (κ1) is 23.8. The smallest absolute Gasteiger partial charge is 0.353 e. The predicted octanol–water partition coefficient (Wildman–Crippen LogP) is 2.17. The van der Waals surface area contributed by atoms with E-state index in [4.69, 9.17) is 10.6 Å². The maximum Gasteiger partial charge on any atom is 0.353 e. The summed E-state index contributed by atoms with van der Waals surface area (Å²) in [5.41, 5.74) is 5.67. The van der Waals surface area contributed by atoms with Crippen LogP contribution in [0.3, 0.4) is 0 Å². The van der Waals surface area contributed by atoms with E-state index in [1.807, 2.05) is 24.3 Å². The lowest BCUT2D eigenvalue weighted by atomic mass is 10.0. The van der Waals surface area contributed by atoms with Gasteiger partial charge in [0.05, 0.1) is 0 Å². The molecule has 10 nitrogen and oxygen atoms in total. The Balaban J connectivity index is 1.54. The van der Waals surface area contributed by atoms with Crippen molar-refractivity contribution in [3.05, 3.63) is 49.5 Å². The van der Waals surface area contributed by atoms with Crippen LogP contribution >= 0.6 is 57.5 Å². The quantitative estimate of drug-likeness (QED) is 0.184. The molecule has 1 fully saturated rings. The fourth-order valence-corrected chi connectivity index (χ4v) is 6.99. The summed E-state index contributed by atoms with van der Waals surface area (Å²) in [6.07, 6.45) is 0. The number of carboxylic acid groups (broad SMARTS) is 1. The maximum absolute atomic E-state index is 12.9. The van der Waals surface area contributed by atoms with Gasteiger partial charge in [-0.2, -0.15) is 0 Å². The number of aliphatic carboxylic acids is 1. The Morgan fingerprint density at radius 2 is 2.18 bits per heavy atom. The Hall–Kier alpha value is -2.30. The monoisotopic (exact) mass is 617 g/mol. The number of carboxylic acids is 1. The van der Waals surface area contributed by atoms with E-state index in [1.54, 1.807) is 5.38 Å². The van der Waals surface area contributed by atoms with Crippen molar-refractivity contribution in [1.82, 2.24) is 15.2 Å². The molecule has 0 spiro atoms. The minimum Gasteiger partial charge on any atom is -0.477 e. The number of β-lactam (4-membered cyclic amide) rings is 1. The number of hydrogen-bond acceptors (Lipinski definition) is 10. The number of carbonyl (C=O) groups excluding carboxylic acids is 2. The number of thiazole rings is 1. The Bertz CT molecular complexity index is 1200. The minimum atomic E-state index is -1.19. The number of nitrogen functional groups attached to an aromatic ring is 1.